The molecule has 3 aromatic rings. The van der Waals surface area contributed by atoms with Gasteiger partial charge in [0, 0.05) is 17.7 Å². The molecular formula is C28H29NO2. The molecule has 4 rings (SSSR count). The molecule has 1 aliphatic heterocycles. The van der Waals surface area contributed by atoms with Crippen LogP contribution in [-0.4, -0.2) is 32.2 Å². The molecule has 3 aromatic carbocycles. The van der Waals surface area contributed by atoms with Crippen molar-refractivity contribution in [1.82, 2.24) is 4.90 Å². The summed E-state index contributed by atoms with van der Waals surface area (Å²) in [6.45, 7) is 5.24. The van der Waals surface area contributed by atoms with Crippen molar-refractivity contribution in [2.45, 2.75) is 26.3 Å². The van der Waals surface area contributed by atoms with Crippen LogP contribution in [0.4, 0.5) is 0 Å². The molecule has 0 unspecified atom stereocenters. The molecule has 0 bridgehead atoms. The Morgan fingerprint density at radius 2 is 1.52 bits per heavy atom. The van der Waals surface area contributed by atoms with Crippen LogP contribution in [0.2, 0.25) is 0 Å². The lowest BCUT2D eigenvalue weighted by Crippen LogP contribution is -2.19. The average molecular weight is 412 g/mol. The van der Waals surface area contributed by atoms with Gasteiger partial charge in [-0.05, 0) is 67.7 Å². The van der Waals surface area contributed by atoms with E-state index in [2.05, 4.69) is 66.1 Å². The van der Waals surface area contributed by atoms with Crippen molar-refractivity contribution >= 4 is 0 Å². The molecule has 1 aliphatic rings. The molecule has 0 aromatic heterocycles. The van der Waals surface area contributed by atoms with E-state index in [0.717, 1.165) is 47.8 Å². The van der Waals surface area contributed by atoms with Crippen molar-refractivity contribution in [3.8, 4) is 34.5 Å². The third kappa shape index (κ3) is 4.76. The minimum Gasteiger partial charge on any atom is -0.496 e. The lowest BCUT2D eigenvalue weighted by molar-refractivity contribution is 0.309. The first-order valence-electron chi connectivity index (χ1n) is 10.8. The quantitative estimate of drug-likeness (QED) is 0.505. The van der Waals surface area contributed by atoms with Crippen LogP contribution in [0.25, 0.3) is 11.1 Å². The molecule has 0 atom stereocenters. The van der Waals surface area contributed by atoms with Crippen molar-refractivity contribution in [2.24, 2.45) is 0 Å². The maximum Gasteiger partial charge on any atom is 0.128 e. The van der Waals surface area contributed by atoms with Crippen LogP contribution in [0.15, 0.2) is 60.7 Å². The highest BCUT2D eigenvalue weighted by molar-refractivity contribution is 5.70. The summed E-state index contributed by atoms with van der Waals surface area (Å²) in [5.74, 6) is 8.37. The summed E-state index contributed by atoms with van der Waals surface area (Å²) in [4.78, 5) is 2.45. The van der Waals surface area contributed by atoms with Gasteiger partial charge in [0.25, 0.3) is 0 Å². The summed E-state index contributed by atoms with van der Waals surface area (Å²) < 4.78 is 11.4. The first kappa shape index (κ1) is 21.0. The first-order chi connectivity index (χ1) is 15.2. The minimum absolute atomic E-state index is 0.838. The Morgan fingerprint density at radius 3 is 2.16 bits per heavy atom. The van der Waals surface area contributed by atoms with Crippen LogP contribution in [0.3, 0.4) is 0 Å². The van der Waals surface area contributed by atoms with E-state index in [1.165, 1.54) is 29.5 Å². The Balaban J connectivity index is 1.66. The van der Waals surface area contributed by atoms with Gasteiger partial charge in [0.1, 0.15) is 11.5 Å². The van der Waals surface area contributed by atoms with Gasteiger partial charge in [0.05, 0.1) is 19.8 Å². The third-order valence-corrected chi connectivity index (χ3v) is 5.95. The maximum absolute atomic E-state index is 5.72. The molecule has 0 amide bonds. The predicted molar refractivity (Wildman–Crippen MR) is 127 cm³/mol. The van der Waals surface area contributed by atoms with E-state index in [-0.39, 0.29) is 0 Å². The number of likely N-dealkylation sites (tertiary alicyclic amines) is 1. The second-order valence-corrected chi connectivity index (χ2v) is 7.94. The third-order valence-electron chi connectivity index (χ3n) is 5.95. The van der Waals surface area contributed by atoms with Crippen LogP contribution in [-0.2, 0) is 6.54 Å². The van der Waals surface area contributed by atoms with E-state index >= 15 is 0 Å². The molecular weight excluding hydrogens is 382 g/mol. The fourth-order valence-electron chi connectivity index (χ4n) is 4.22. The molecule has 158 valence electrons. The summed E-state index contributed by atoms with van der Waals surface area (Å²) >= 11 is 0. The van der Waals surface area contributed by atoms with Crippen LogP contribution < -0.4 is 9.47 Å². The van der Waals surface area contributed by atoms with E-state index < -0.39 is 0 Å². The highest BCUT2D eigenvalue weighted by atomic mass is 16.5. The fraction of sp³-hybridized carbons (Fsp3) is 0.286. The first-order valence-corrected chi connectivity index (χ1v) is 10.8. The van der Waals surface area contributed by atoms with Crippen LogP contribution in [0, 0.1) is 18.8 Å². The number of ether oxygens (including phenoxy) is 2. The second-order valence-electron chi connectivity index (χ2n) is 7.94. The topological polar surface area (TPSA) is 21.7 Å². The number of benzene rings is 3. The zero-order valence-corrected chi connectivity index (χ0v) is 18.6. The Labute approximate surface area is 185 Å². The van der Waals surface area contributed by atoms with Gasteiger partial charge in [-0.1, -0.05) is 54.3 Å². The molecule has 1 saturated heterocycles. The molecule has 0 radical (unpaired) electrons. The fourth-order valence-corrected chi connectivity index (χ4v) is 4.22. The van der Waals surface area contributed by atoms with Gasteiger partial charge in [-0.25, -0.2) is 0 Å². The van der Waals surface area contributed by atoms with Crippen LogP contribution in [0.1, 0.15) is 35.1 Å². The highest BCUT2D eigenvalue weighted by Gasteiger charge is 2.18. The van der Waals surface area contributed by atoms with Gasteiger partial charge < -0.3 is 9.47 Å². The molecule has 0 saturated carbocycles. The molecule has 0 aliphatic carbocycles. The minimum atomic E-state index is 0.838. The summed E-state index contributed by atoms with van der Waals surface area (Å²) in [6, 6.07) is 20.8. The van der Waals surface area contributed by atoms with Crippen molar-refractivity contribution in [2.75, 3.05) is 27.3 Å². The van der Waals surface area contributed by atoms with Gasteiger partial charge in [-0.2, -0.15) is 0 Å². The summed E-state index contributed by atoms with van der Waals surface area (Å²) in [6.07, 6.45) is 2.52. The Kier molecular flexibility index (Phi) is 6.60. The van der Waals surface area contributed by atoms with Crippen molar-refractivity contribution < 1.29 is 9.47 Å². The molecule has 1 heterocycles. The van der Waals surface area contributed by atoms with Gasteiger partial charge in [0.2, 0.25) is 0 Å². The maximum atomic E-state index is 5.72. The van der Waals surface area contributed by atoms with E-state index in [0.29, 0.717) is 0 Å². The van der Waals surface area contributed by atoms with Crippen molar-refractivity contribution in [3.63, 3.8) is 0 Å². The number of hydrogen-bond donors (Lipinski definition) is 0. The molecule has 0 N–H and O–H groups in total. The van der Waals surface area contributed by atoms with E-state index in [4.69, 9.17) is 9.47 Å². The Morgan fingerprint density at radius 1 is 0.839 bits per heavy atom. The van der Waals surface area contributed by atoms with E-state index in [1.54, 1.807) is 14.2 Å². The predicted octanol–water partition coefficient (Wildman–Crippen LogP) is 5.67. The van der Waals surface area contributed by atoms with Crippen LogP contribution >= 0.6 is 0 Å². The van der Waals surface area contributed by atoms with Crippen molar-refractivity contribution in [3.05, 3.63) is 82.9 Å². The molecule has 3 heteroatoms. The summed E-state index contributed by atoms with van der Waals surface area (Å²) in [7, 11) is 3.43. The normalized spacial score (nSPS) is 13.5. The number of hydrogen-bond acceptors (Lipinski definition) is 3. The molecule has 3 nitrogen and oxygen atoms in total. The number of rotatable bonds is 5. The largest absolute Gasteiger partial charge is 0.496 e. The smallest absolute Gasteiger partial charge is 0.128 e. The number of methoxy groups -OCH3 is 2. The zero-order chi connectivity index (χ0) is 21.6. The second kappa shape index (κ2) is 9.73. The summed E-state index contributed by atoms with van der Waals surface area (Å²) in [5.41, 5.74) is 6.62. The zero-order valence-electron chi connectivity index (χ0n) is 18.6. The van der Waals surface area contributed by atoms with Gasteiger partial charge in [-0.15, -0.1) is 0 Å². The molecule has 1 fully saturated rings. The molecule has 31 heavy (non-hydrogen) atoms. The lowest BCUT2D eigenvalue weighted by Gasteiger charge is -2.19. The van der Waals surface area contributed by atoms with Gasteiger partial charge in [-0.3, -0.25) is 4.90 Å². The SMILES string of the molecule is COc1cc(C#Cc2cccc(-c3ccccc3)c2C)cc(OC)c1CN1CCCC1. The lowest BCUT2D eigenvalue weighted by atomic mass is 9.96. The number of nitrogens with zero attached hydrogens (tertiary/aromatic N) is 1. The Bertz CT molecular complexity index is 1080. The standard InChI is InChI=1S/C28H29NO2/c1-21-23(12-9-13-25(21)24-10-5-4-6-11-24)15-14-22-18-27(30-2)26(28(19-22)31-3)20-29-16-7-8-17-29/h4-6,9-13,18-19H,7-8,16-17,20H2,1-3H3. The van der Waals surface area contributed by atoms with Gasteiger partial charge in [0.15, 0.2) is 0 Å². The highest BCUT2D eigenvalue weighted by Crippen LogP contribution is 2.32. The van der Waals surface area contributed by atoms with E-state index in [9.17, 15) is 0 Å². The average Bonchev–Trinajstić information content (AvgIpc) is 3.32. The Hall–Kier alpha value is -3.22. The monoisotopic (exact) mass is 411 g/mol. The van der Waals surface area contributed by atoms with Crippen LogP contribution in [0.5, 0.6) is 11.5 Å². The van der Waals surface area contributed by atoms with Crippen molar-refractivity contribution in [1.29, 1.82) is 0 Å². The molecule has 0 spiro atoms. The summed E-state index contributed by atoms with van der Waals surface area (Å²) in [5, 5.41) is 0. The van der Waals surface area contributed by atoms with E-state index in [1.807, 2.05) is 18.2 Å². The van der Waals surface area contributed by atoms with Gasteiger partial charge >= 0.3 is 0 Å².